The molecule has 4 heteroatoms. The maximum atomic E-state index is 2.49. The van der Waals surface area contributed by atoms with Gasteiger partial charge in [-0.3, -0.25) is 0 Å². The quantitative estimate of drug-likeness (QED) is 0.146. The molecule has 0 saturated carbocycles. The van der Waals surface area contributed by atoms with E-state index in [-0.39, 0.29) is 0 Å². The summed E-state index contributed by atoms with van der Waals surface area (Å²) in [5, 5.41) is 5.68. The molecule has 0 nitrogen and oxygen atoms in total. The lowest BCUT2D eigenvalue weighted by Crippen LogP contribution is -1.91. The van der Waals surface area contributed by atoms with E-state index in [0.717, 1.165) is 17.7 Å². The molecule has 0 radical (unpaired) electrons. The van der Waals surface area contributed by atoms with E-state index >= 15 is 0 Å². The van der Waals surface area contributed by atoms with Gasteiger partial charge in [-0.15, -0.1) is 0 Å². The lowest BCUT2D eigenvalue weighted by Gasteiger charge is -2.13. The third-order valence-electron chi connectivity index (χ3n) is 4.00. The van der Waals surface area contributed by atoms with Gasteiger partial charge in [-0.25, -0.2) is 0 Å². The van der Waals surface area contributed by atoms with Gasteiger partial charge in [0.1, 0.15) is 0 Å². The highest BCUT2D eigenvalue weighted by Gasteiger charge is 2.10. The summed E-state index contributed by atoms with van der Waals surface area (Å²) in [5.74, 6) is 0. The minimum Gasteiger partial charge on any atom is -0.0812 e. The number of alkyl halides is 4. The van der Waals surface area contributed by atoms with Crippen LogP contribution in [0.2, 0.25) is 0 Å². The molecule has 0 unspecified atom stereocenters. The van der Waals surface area contributed by atoms with Crippen LogP contribution in [0, 0.1) is 0 Å². The van der Waals surface area contributed by atoms with Gasteiger partial charge >= 0.3 is 0 Å². The van der Waals surface area contributed by atoms with Crippen molar-refractivity contribution in [1.29, 1.82) is 0 Å². The normalized spacial score (nSPS) is 11.5. The first-order valence-electron chi connectivity index (χ1n) is 6.95. The fourth-order valence-corrected chi connectivity index (χ4v) is 5.29. The molecular weight excluding hydrogens is 724 g/mol. The standard InChI is InChI=1S/C18H14I4/c19-7-11-3-14-5-17-12(8-20)1-2-13(9-21)18(17)6-16(14)15(4-11)10-22/h1-6H,7-10H2. The highest BCUT2D eigenvalue weighted by atomic mass is 127. The number of hydrogen-bond acceptors (Lipinski definition) is 0. The lowest BCUT2D eigenvalue weighted by atomic mass is 9.94. The third-order valence-corrected chi connectivity index (χ3v) is 7.35. The van der Waals surface area contributed by atoms with Crippen molar-refractivity contribution < 1.29 is 0 Å². The van der Waals surface area contributed by atoms with Crippen LogP contribution in [0.15, 0.2) is 36.4 Å². The molecule has 0 N–H and O–H groups in total. The molecule has 3 aromatic carbocycles. The Hall–Kier alpha value is 1.10. The van der Waals surface area contributed by atoms with E-state index in [1.165, 1.54) is 43.8 Å². The highest BCUT2D eigenvalue weighted by Crippen LogP contribution is 2.33. The zero-order valence-corrected chi connectivity index (χ0v) is 20.4. The summed E-state index contributed by atoms with van der Waals surface area (Å²) >= 11 is 9.89. The SMILES string of the molecule is ICc1cc(CI)c2cc3c(CI)ccc(CI)c3cc2c1. The van der Waals surface area contributed by atoms with Crippen LogP contribution in [0.5, 0.6) is 0 Å². The fraction of sp³-hybridized carbons (Fsp3) is 0.222. The molecule has 0 aliphatic rings. The van der Waals surface area contributed by atoms with Crippen molar-refractivity contribution in [3.8, 4) is 0 Å². The molecule has 0 aliphatic heterocycles. The Bertz CT molecular complexity index is 839. The van der Waals surface area contributed by atoms with Crippen molar-refractivity contribution >= 4 is 112 Å². The first-order valence-corrected chi connectivity index (χ1v) is 13.1. The van der Waals surface area contributed by atoms with Crippen molar-refractivity contribution in [3.05, 3.63) is 58.7 Å². The Morgan fingerprint density at radius 2 is 1.14 bits per heavy atom. The maximum absolute atomic E-state index is 2.49. The second-order valence-electron chi connectivity index (χ2n) is 5.29. The summed E-state index contributed by atoms with van der Waals surface area (Å²) in [7, 11) is 0. The average molecular weight is 738 g/mol. The highest BCUT2D eigenvalue weighted by molar-refractivity contribution is 14.1. The number of benzene rings is 3. The predicted molar refractivity (Wildman–Crippen MR) is 132 cm³/mol. The van der Waals surface area contributed by atoms with Gasteiger partial charge in [-0.1, -0.05) is 115 Å². The Balaban J connectivity index is 2.44. The van der Waals surface area contributed by atoms with Gasteiger partial charge in [0.2, 0.25) is 0 Å². The molecule has 0 amide bonds. The molecule has 0 spiro atoms. The van der Waals surface area contributed by atoms with Crippen LogP contribution in [-0.4, -0.2) is 0 Å². The van der Waals surface area contributed by atoms with Gasteiger partial charge in [-0.05, 0) is 55.9 Å². The summed E-state index contributed by atoms with van der Waals surface area (Å²) in [5.41, 5.74) is 5.79. The van der Waals surface area contributed by atoms with Crippen molar-refractivity contribution in [2.75, 3.05) is 0 Å². The van der Waals surface area contributed by atoms with Crippen molar-refractivity contribution in [2.24, 2.45) is 0 Å². The van der Waals surface area contributed by atoms with Gasteiger partial charge in [0, 0.05) is 17.7 Å². The van der Waals surface area contributed by atoms with E-state index in [4.69, 9.17) is 0 Å². The van der Waals surface area contributed by atoms with Gasteiger partial charge in [0.15, 0.2) is 0 Å². The third kappa shape index (κ3) is 3.40. The van der Waals surface area contributed by atoms with E-state index < -0.39 is 0 Å². The second-order valence-corrected chi connectivity index (χ2v) is 8.34. The minimum atomic E-state index is 1.06. The maximum Gasteiger partial charge on any atom is 0.0253 e. The van der Waals surface area contributed by atoms with Crippen LogP contribution in [-0.2, 0) is 17.7 Å². The van der Waals surface area contributed by atoms with Gasteiger partial charge in [0.25, 0.3) is 0 Å². The van der Waals surface area contributed by atoms with Gasteiger partial charge in [-0.2, -0.15) is 0 Å². The smallest absolute Gasteiger partial charge is 0.0253 e. The molecular formula is C18H14I4. The van der Waals surface area contributed by atoms with Crippen LogP contribution in [0.4, 0.5) is 0 Å². The van der Waals surface area contributed by atoms with Crippen molar-refractivity contribution in [1.82, 2.24) is 0 Å². The predicted octanol–water partition coefficient (Wildman–Crippen LogP) is 7.73. The lowest BCUT2D eigenvalue weighted by molar-refractivity contribution is 1.40. The van der Waals surface area contributed by atoms with E-state index in [1.54, 1.807) is 0 Å². The molecule has 0 heterocycles. The van der Waals surface area contributed by atoms with Crippen LogP contribution in [0.3, 0.4) is 0 Å². The van der Waals surface area contributed by atoms with Crippen LogP contribution >= 0.6 is 90.4 Å². The summed E-state index contributed by atoms with van der Waals surface area (Å²) in [6.45, 7) is 0. The molecule has 3 aromatic rings. The summed E-state index contributed by atoms with van der Waals surface area (Å²) in [6.07, 6.45) is 0. The Morgan fingerprint density at radius 1 is 0.545 bits per heavy atom. The molecule has 0 atom stereocenters. The molecule has 0 saturated heterocycles. The molecule has 114 valence electrons. The Kier molecular flexibility index (Phi) is 6.50. The molecule has 0 aliphatic carbocycles. The summed E-state index contributed by atoms with van der Waals surface area (Å²) in [4.78, 5) is 0. The van der Waals surface area contributed by atoms with E-state index in [0.29, 0.717) is 0 Å². The zero-order chi connectivity index (χ0) is 15.7. The topological polar surface area (TPSA) is 0 Å². The first-order chi connectivity index (χ1) is 10.7. The second kappa shape index (κ2) is 7.99. The zero-order valence-electron chi connectivity index (χ0n) is 11.8. The fourth-order valence-electron chi connectivity index (χ4n) is 2.89. The molecule has 3 rings (SSSR count). The first kappa shape index (κ1) is 17.9. The molecule has 0 bridgehead atoms. The Labute approximate surface area is 185 Å². The van der Waals surface area contributed by atoms with E-state index in [1.807, 2.05) is 0 Å². The van der Waals surface area contributed by atoms with Crippen molar-refractivity contribution in [3.63, 3.8) is 0 Å². The number of hydrogen-bond donors (Lipinski definition) is 0. The van der Waals surface area contributed by atoms with E-state index in [2.05, 4.69) is 127 Å². The summed E-state index contributed by atoms with van der Waals surface area (Å²) in [6, 6.07) is 14.2. The Morgan fingerprint density at radius 3 is 1.68 bits per heavy atom. The summed E-state index contributed by atoms with van der Waals surface area (Å²) < 4.78 is 4.26. The average Bonchev–Trinajstić information content (AvgIpc) is 2.57. The number of fused-ring (bicyclic) bond motifs is 2. The minimum absolute atomic E-state index is 1.06. The van der Waals surface area contributed by atoms with Crippen LogP contribution in [0.1, 0.15) is 22.3 Å². The van der Waals surface area contributed by atoms with Gasteiger partial charge in [0.05, 0.1) is 0 Å². The molecule has 22 heavy (non-hydrogen) atoms. The molecule has 0 fully saturated rings. The van der Waals surface area contributed by atoms with Crippen LogP contribution in [0.25, 0.3) is 21.5 Å². The van der Waals surface area contributed by atoms with Crippen molar-refractivity contribution in [2.45, 2.75) is 17.7 Å². The van der Waals surface area contributed by atoms with Gasteiger partial charge < -0.3 is 0 Å². The molecule has 0 aromatic heterocycles. The van der Waals surface area contributed by atoms with Crippen LogP contribution < -0.4 is 0 Å². The number of rotatable bonds is 4. The van der Waals surface area contributed by atoms with E-state index in [9.17, 15) is 0 Å². The largest absolute Gasteiger partial charge is 0.0812 e. The monoisotopic (exact) mass is 738 g/mol. The number of halogens is 4.